The van der Waals surface area contributed by atoms with Gasteiger partial charge in [0.15, 0.2) is 0 Å². The maximum Gasteiger partial charge on any atom is 0.416 e. The largest absolute Gasteiger partial charge is 0.416 e. The molecule has 1 saturated heterocycles. The number of halogens is 4. The molecule has 4 nitrogen and oxygen atoms in total. The molecule has 34 heavy (non-hydrogen) atoms. The van der Waals surface area contributed by atoms with E-state index in [-0.39, 0.29) is 24.1 Å². The molecular formula is C26H25ClF3N3O. The fraction of sp³-hybridized carbons (Fsp3) is 0.269. The van der Waals surface area contributed by atoms with Crippen molar-refractivity contribution in [1.82, 2.24) is 4.90 Å². The molecule has 0 spiro atoms. The van der Waals surface area contributed by atoms with Gasteiger partial charge < -0.3 is 15.5 Å². The molecule has 1 aliphatic heterocycles. The number of nitrogens with zero attached hydrogens (tertiary/aromatic N) is 2. The first-order valence-electron chi connectivity index (χ1n) is 11.0. The molecule has 0 aliphatic carbocycles. The van der Waals surface area contributed by atoms with Gasteiger partial charge in [0.05, 0.1) is 16.3 Å². The second-order valence-electron chi connectivity index (χ2n) is 8.55. The van der Waals surface area contributed by atoms with E-state index in [0.717, 1.165) is 11.6 Å². The van der Waals surface area contributed by atoms with Crippen LogP contribution in [0.5, 0.6) is 0 Å². The molecule has 4 rings (SSSR count). The molecule has 0 saturated carbocycles. The first-order valence-corrected chi connectivity index (χ1v) is 11.3. The summed E-state index contributed by atoms with van der Waals surface area (Å²) in [5, 5.41) is 0.331. The zero-order valence-corrected chi connectivity index (χ0v) is 19.4. The molecule has 0 aromatic heterocycles. The minimum Gasteiger partial charge on any atom is -0.398 e. The summed E-state index contributed by atoms with van der Waals surface area (Å²) in [6.45, 7) is 2.85. The van der Waals surface area contributed by atoms with Crippen LogP contribution in [-0.2, 0) is 12.7 Å². The number of hydrogen-bond acceptors (Lipinski definition) is 3. The van der Waals surface area contributed by atoms with Crippen LogP contribution in [0.3, 0.4) is 0 Å². The SMILES string of the molecule is Cc1cccc(C(=O)N2CC[C@H](N(Cc3ccccc3C(F)(F)F)c3ccc(N)c(Cl)c3)C2)c1. The van der Waals surface area contributed by atoms with Crippen molar-refractivity contribution in [2.75, 3.05) is 23.7 Å². The monoisotopic (exact) mass is 487 g/mol. The fourth-order valence-electron chi connectivity index (χ4n) is 4.39. The van der Waals surface area contributed by atoms with E-state index < -0.39 is 11.7 Å². The Morgan fingerprint density at radius 3 is 2.59 bits per heavy atom. The Kier molecular flexibility index (Phi) is 6.75. The standard InChI is InChI=1S/C26H25ClF3N3O/c1-17-5-4-7-18(13-17)25(34)32-12-11-21(16-32)33(20-9-10-24(31)23(27)14-20)15-19-6-2-3-8-22(19)26(28,29)30/h2-10,13-14,21H,11-12,15-16,31H2,1H3/t21-/m0/s1. The highest BCUT2D eigenvalue weighted by atomic mass is 35.5. The Morgan fingerprint density at radius 1 is 1.12 bits per heavy atom. The van der Waals surface area contributed by atoms with Crippen molar-refractivity contribution in [1.29, 1.82) is 0 Å². The third-order valence-corrected chi connectivity index (χ3v) is 6.46. The summed E-state index contributed by atoms with van der Waals surface area (Å²) < 4.78 is 41.0. The van der Waals surface area contributed by atoms with Gasteiger partial charge in [-0.15, -0.1) is 0 Å². The van der Waals surface area contributed by atoms with Crippen molar-refractivity contribution in [2.24, 2.45) is 0 Å². The number of nitrogen functional groups attached to an aromatic ring is 1. The van der Waals surface area contributed by atoms with E-state index >= 15 is 0 Å². The number of benzene rings is 3. The number of carbonyl (C=O) groups excluding carboxylic acids is 1. The first-order chi connectivity index (χ1) is 16.1. The lowest BCUT2D eigenvalue weighted by molar-refractivity contribution is -0.138. The van der Waals surface area contributed by atoms with Gasteiger partial charge in [0.1, 0.15) is 0 Å². The number of alkyl halides is 3. The molecule has 1 atom stereocenters. The van der Waals surface area contributed by atoms with Crippen molar-refractivity contribution in [3.63, 3.8) is 0 Å². The van der Waals surface area contributed by atoms with Crippen LogP contribution in [0.1, 0.15) is 33.5 Å². The number of likely N-dealkylation sites (tertiary alicyclic amines) is 1. The van der Waals surface area contributed by atoms with Crippen LogP contribution in [0.25, 0.3) is 0 Å². The van der Waals surface area contributed by atoms with E-state index in [2.05, 4.69) is 0 Å². The molecule has 3 aromatic carbocycles. The summed E-state index contributed by atoms with van der Waals surface area (Å²) >= 11 is 6.25. The van der Waals surface area contributed by atoms with E-state index in [1.54, 1.807) is 35.2 Å². The Morgan fingerprint density at radius 2 is 1.88 bits per heavy atom. The summed E-state index contributed by atoms with van der Waals surface area (Å²) in [6, 6.07) is 17.8. The molecule has 178 valence electrons. The van der Waals surface area contributed by atoms with Gasteiger partial charge in [-0.25, -0.2) is 0 Å². The molecule has 1 aliphatic rings. The fourth-order valence-corrected chi connectivity index (χ4v) is 4.56. The van der Waals surface area contributed by atoms with Crippen LogP contribution >= 0.6 is 11.6 Å². The highest BCUT2D eigenvalue weighted by molar-refractivity contribution is 6.33. The molecule has 1 fully saturated rings. The Bertz CT molecular complexity index is 1200. The second-order valence-corrected chi connectivity index (χ2v) is 8.96. The van der Waals surface area contributed by atoms with Gasteiger partial charge in [-0.2, -0.15) is 13.2 Å². The quantitative estimate of drug-likeness (QED) is 0.438. The molecular weight excluding hydrogens is 463 g/mol. The zero-order chi connectivity index (χ0) is 24.5. The van der Waals surface area contributed by atoms with Crippen molar-refractivity contribution in [3.05, 3.63) is 94.0 Å². The second kappa shape index (κ2) is 9.58. The van der Waals surface area contributed by atoms with E-state index in [4.69, 9.17) is 17.3 Å². The van der Waals surface area contributed by atoms with Crippen molar-refractivity contribution < 1.29 is 18.0 Å². The predicted octanol–water partition coefficient (Wildman–Crippen LogP) is 6.17. The van der Waals surface area contributed by atoms with Gasteiger partial charge in [-0.05, 0) is 55.3 Å². The van der Waals surface area contributed by atoms with E-state index in [1.807, 2.05) is 30.0 Å². The summed E-state index contributed by atoms with van der Waals surface area (Å²) in [5.41, 5.74) is 7.99. The summed E-state index contributed by atoms with van der Waals surface area (Å²) in [7, 11) is 0. The van der Waals surface area contributed by atoms with Crippen LogP contribution in [0.4, 0.5) is 24.5 Å². The maximum absolute atomic E-state index is 13.7. The zero-order valence-electron chi connectivity index (χ0n) is 18.6. The molecule has 0 bridgehead atoms. The number of amides is 1. The normalized spacial score (nSPS) is 16.0. The molecule has 0 unspecified atom stereocenters. The van der Waals surface area contributed by atoms with E-state index in [1.165, 1.54) is 12.1 Å². The molecule has 1 amide bonds. The van der Waals surface area contributed by atoms with Gasteiger partial charge in [-0.1, -0.05) is 47.5 Å². The van der Waals surface area contributed by atoms with Crippen molar-refractivity contribution in [2.45, 2.75) is 32.1 Å². The van der Waals surface area contributed by atoms with Gasteiger partial charge in [0.2, 0.25) is 0 Å². The van der Waals surface area contributed by atoms with E-state index in [0.29, 0.717) is 41.5 Å². The average Bonchev–Trinajstić information content (AvgIpc) is 3.28. The molecule has 0 radical (unpaired) electrons. The molecule has 8 heteroatoms. The maximum atomic E-state index is 13.7. The number of anilines is 2. The highest BCUT2D eigenvalue weighted by Gasteiger charge is 2.36. The number of nitrogens with two attached hydrogens (primary N) is 1. The van der Waals surface area contributed by atoms with Crippen LogP contribution in [-0.4, -0.2) is 29.9 Å². The van der Waals surface area contributed by atoms with Crippen LogP contribution in [0.2, 0.25) is 5.02 Å². The minimum atomic E-state index is -4.47. The Labute approximate surface area is 201 Å². The van der Waals surface area contributed by atoms with E-state index in [9.17, 15) is 18.0 Å². The topological polar surface area (TPSA) is 49.6 Å². The van der Waals surface area contributed by atoms with Crippen molar-refractivity contribution >= 4 is 28.9 Å². The number of rotatable bonds is 5. The lowest BCUT2D eigenvalue weighted by atomic mass is 10.0. The molecule has 1 heterocycles. The van der Waals surface area contributed by atoms with Gasteiger partial charge in [-0.3, -0.25) is 4.79 Å². The average molecular weight is 488 g/mol. The number of carbonyl (C=O) groups is 1. The molecule has 3 aromatic rings. The van der Waals surface area contributed by atoms with Crippen molar-refractivity contribution in [3.8, 4) is 0 Å². The number of aryl methyl sites for hydroxylation is 1. The third-order valence-electron chi connectivity index (χ3n) is 6.14. The lowest BCUT2D eigenvalue weighted by Gasteiger charge is -2.32. The lowest BCUT2D eigenvalue weighted by Crippen LogP contribution is -2.39. The summed E-state index contributed by atoms with van der Waals surface area (Å²) in [6.07, 6.45) is -3.85. The van der Waals surface area contributed by atoms with Crippen LogP contribution in [0.15, 0.2) is 66.7 Å². The summed E-state index contributed by atoms with van der Waals surface area (Å²) in [4.78, 5) is 16.7. The minimum absolute atomic E-state index is 0.0209. The predicted molar refractivity (Wildman–Crippen MR) is 129 cm³/mol. The first kappa shape index (κ1) is 24.0. The highest BCUT2D eigenvalue weighted by Crippen LogP contribution is 2.35. The van der Waals surface area contributed by atoms with Gasteiger partial charge >= 0.3 is 6.18 Å². The Balaban J connectivity index is 1.65. The molecule has 2 N–H and O–H groups in total. The third kappa shape index (κ3) is 5.14. The van der Waals surface area contributed by atoms with Gasteiger partial charge in [0, 0.05) is 36.9 Å². The number of hydrogen-bond donors (Lipinski definition) is 1. The summed E-state index contributed by atoms with van der Waals surface area (Å²) in [5.74, 6) is -0.0859. The Hall–Kier alpha value is -3.19. The van der Waals surface area contributed by atoms with Crippen LogP contribution in [0, 0.1) is 6.92 Å². The van der Waals surface area contributed by atoms with Crippen LogP contribution < -0.4 is 10.6 Å². The van der Waals surface area contributed by atoms with Gasteiger partial charge in [0.25, 0.3) is 5.91 Å². The smallest absolute Gasteiger partial charge is 0.398 e.